The summed E-state index contributed by atoms with van der Waals surface area (Å²) in [6, 6.07) is 6.90. The van der Waals surface area contributed by atoms with E-state index in [2.05, 4.69) is 4.72 Å². The van der Waals surface area contributed by atoms with Crippen LogP contribution in [0.25, 0.3) is 0 Å². The maximum Gasteiger partial charge on any atom is 0.226 e. The summed E-state index contributed by atoms with van der Waals surface area (Å²) in [5, 5.41) is 0. The molecule has 0 spiro atoms. The molecule has 0 heterocycles. The summed E-state index contributed by atoms with van der Waals surface area (Å²) in [6.07, 6.45) is 1.57. The molecule has 0 bridgehead atoms. The number of nitrogens with two attached hydrogens (primary N) is 1. The van der Waals surface area contributed by atoms with Crippen molar-refractivity contribution in [2.45, 2.75) is 18.4 Å². The summed E-state index contributed by atoms with van der Waals surface area (Å²) in [7, 11) is -3.35. The number of amides is 1. The molecule has 6 heteroatoms. The molecule has 17 heavy (non-hydrogen) atoms. The number of sulfonamides is 1. The zero-order valence-electron chi connectivity index (χ0n) is 9.38. The highest BCUT2D eigenvalue weighted by Crippen LogP contribution is 2.33. The molecule has 0 saturated heterocycles. The Kier molecular flexibility index (Phi) is 2.92. The lowest BCUT2D eigenvalue weighted by Gasteiger charge is -2.17. The second-order valence-corrected chi connectivity index (χ2v) is 6.06. The Hall–Kier alpha value is -1.40. The monoisotopic (exact) mass is 254 g/mol. The van der Waals surface area contributed by atoms with Crippen LogP contribution in [0.15, 0.2) is 24.3 Å². The largest absolute Gasteiger partial charge is 0.369 e. The molecule has 5 nitrogen and oxygen atoms in total. The van der Waals surface area contributed by atoms with Gasteiger partial charge >= 0.3 is 0 Å². The maximum absolute atomic E-state index is 11.4. The van der Waals surface area contributed by atoms with Crippen LogP contribution in [0.5, 0.6) is 0 Å². The van der Waals surface area contributed by atoms with Crippen molar-refractivity contribution in [1.82, 2.24) is 4.72 Å². The van der Waals surface area contributed by atoms with Gasteiger partial charge in [0.2, 0.25) is 15.9 Å². The van der Waals surface area contributed by atoms with E-state index in [0.717, 1.165) is 17.4 Å². The summed E-state index contributed by atoms with van der Waals surface area (Å²) in [6.45, 7) is 0. The molecule has 0 fully saturated rings. The highest BCUT2D eigenvalue weighted by Gasteiger charge is 2.37. The second-order valence-electron chi connectivity index (χ2n) is 4.28. The van der Waals surface area contributed by atoms with Crippen LogP contribution >= 0.6 is 0 Å². The zero-order valence-corrected chi connectivity index (χ0v) is 10.2. The van der Waals surface area contributed by atoms with Crippen LogP contribution in [0.4, 0.5) is 0 Å². The lowest BCUT2D eigenvalue weighted by molar-refractivity contribution is -0.119. The van der Waals surface area contributed by atoms with Crippen LogP contribution in [0, 0.1) is 0 Å². The van der Waals surface area contributed by atoms with E-state index in [1.807, 2.05) is 24.3 Å². The van der Waals surface area contributed by atoms with Crippen molar-refractivity contribution in [3.05, 3.63) is 35.4 Å². The van der Waals surface area contributed by atoms with E-state index in [1.165, 1.54) is 0 Å². The van der Waals surface area contributed by atoms with E-state index in [-0.39, 0.29) is 0 Å². The summed E-state index contributed by atoms with van der Waals surface area (Å²) < 4.78 is 25.0. The first-order valence-corrected chi connectivity index (χ1v) is 7.12. The fourth-order valence-corrected chi connectivity index (χ4v) is 3.10. The molecule has 0 radical (unpaired) electrons. The molecular formula is C11H14N2O3S. The molecule has 92 valence electrons. The van der Waals surface area contributed by atoms with E-state index < -0.39 is 27.9 Å². The third-order valence-corrected chi connectivity index (χ3v) is 3.64. The Labute approximate surface area is 100 Å². The Morgan fingerprint density at radius 1 is 1.41 bits per heavy atom. The number of benzene rings is 1. The summed E-state index contributed by atoms with van der Waals surface area (Å²) in [5.74, 6) is -1.09. The third kappa shape index (κ3) is 2.48. The lowest BCUT2D eigenvalue weighted by Crippen LogP contribution is -2.41. The molecule has 2 rings (SSSR count). The van der Waals surface area contributed by atoms with Crippen LogP contribution < -0.4 is 10.5 Å². The Balaban J connectivity index is 2.37. The van der Waals surface area contributed by atoms with Gasteiger partial charge in [-0.15, -0.1) is 0 Å². The second kappa shape index (κ2) is 4.12. The molecule has 1 amide bonds. The first-order valence-electron chi connectivity index (χ1n) is 5.23. The maximum atomic E-state index is 11.4. The Morgan fingerprint density at radius 3 is 2.65 bits per heavy atom. The van der Waals surface area contributed by atoms with Crippen LogP contribution in [0.3, 0.4) is 0 Å². The van der Waals surface area contributed by atoms with Gasteiger partial charge in [-0.2, -0.15) is 0 Å². The van der Waals surface area contributed by atoms with Gasteiger partial charge in [-0.1, -0.05) is 24.3 Å². The number of nitrogens with one attached hydrogen (secondary N) is 1. The number of fused-ring (bicyclic) bond motifs is 1. The molecular weight excluding hydrogens is 240 g/mol. The predicted molar refractivity (Wildman–Crippen MR) is 63.8 cm³/mol. The smallest absolute Gasteiger partial charge is 0.226 e. The van der Waals surface area contributed by atoms with Crippen molar-refractivity contribution in [1.29, 1.82) is 0 Å². The molecule has 2 atom stereocenters. The average Bonchev–Trinajstić information content (AvgIpc) is 2.51. The summed E-state index contributed by atoms with van der Waals surface area (Å²) >= 11 is 0. The fraction of sp³-hybridized carbons (Fsp3) is 0.364. The molecule has 1 aromatic rings. The van der Waals surface area contributed by atoms with Gasteiger partial charge in [-0.25, -0.2) is 13.1 Å². The quantitative estimate of drug-likeness (QED) is 0.778. The number of hydrogen-bond acceptors (Lipinski definition) is 3. The summed E-state index contributed by atoms with van der Waals surface area (Å²) in [5.41, 5.74) is 7.14. The van der Waals surface area contributed by atoms with E-state index in [0.29, 0.717) is 6.42 Å². The van der Waals surface area contributed by atoms with Crippen LogP contribution in [-0.2, 0) is 21.2 Å². The lowest BCUT2D eigenvalue weighted by atomic mass is 9.98. The minimum atomic E-state index is -3.35. The first kappa shape index (κ1) is 12.1. The van der Waals surface area contributed by atoms with Crippen molar-refractivity contribution in [2.24, 2.45) is 5.73 Å². The molecule has 0 saturated carbocycles. The van der Waals surface area contributed by atoms with Gasteiger partial charge in [-0.3, -0.25) is 4.79 Å². The van der Waals surface area contributed by atoms with Gasteiger partial charge in [0.15, 0.2) is 0 Å². The Bertz CT molecular complexity index is 554. The van der Waals surface area contributed by atoms with Crippen molar-refractivity contribution >= 4 is 15.9 Å². The Morgan fingerprint density at radius 2 is 2.06 bits per heavy atom. The normalized spacial score (nSPS) is 23.4. The van der Waals surface area contributed by atoms with Crippen molar-refractivity contribution in [3.8, 4) is 0 Å². The molecule has 1 aromatic carbocycles. The molecule has 1 aliphatic rings. The predicted octanol–water partition coefficient (Wildman–Crippen LogP) is -0.271. The minimum absolute atomic E-state index is 0.472. The van der Waals surface area contributed by atoms with Gasteiger partial charge in [0, 0.05) is 6.04 Å². The first-order chi connectivity index (χ1) is 7.88. The van der Waals surface area contributed by atoms with Gasteiger partial charge < -0.3 is 5.73 Å². The van der Waals surface area contributed by atoms with Crippen LogP contribution in [-0.4, -0.2) is 26.6 Å². The number of carbonyl (C=O) groups excluding carboxylic acids is 1. The van der Waals surface area contributed by atoms with Crippen molar-refractivity contribution in [2.75, 3.05) is 6.26 Å². The number of hydrogen-bond donors (Lipinski definition) is 2. The summed E-state index contributed by atoms with van der Waals surface area (Å²) in [4.78, 5) is 11.4. The van der Waals surface area contributed by atoms with E-state index >= 15 is 0 Å². The average molecular weight is 254 g/mol. The topological polar surface area (TPSA) is 89.3 Å². The molecule has 2 unspecified atom stereocenters. The zero-order chi connectivity index (χ0) is 12.6. The standard InChI is InChI=1S/C11H14N2O3S/c1-17(15,16)13-9-6-7-4-2-3-5-8(7)10(9)11(12)14/h2-5,9-10,13H,6H2,1H3,(H2,12,14). The molecule has 0 aromatic heterocycles. The van der Waals surface area contributed by atoms with E-state index in [9.17, 15) is 13.2 Å². The number of rotatable bonds is 3. The minimum Gasteiger partial charge on any atom is -0.369 e. The van der Waals surface area contributed by atoms with Gasteiger partial charge in [0.05, 0.1) is 12.2 Å². The van der Waals surface area contributed by atoms with Crippen molar-refractivity contribution in [3.63, 3.8) is 0 Å². The third-order valence-electron chi connectivity index (χ3n) is 2.90. The SMILES string of the molecule is CS(=O)(=O)NC1Cc2ccccc2C1C(N)=O. The molecule has 3 N–H and O–H groups in total. The van der Waals surface area contributed by atoms with E-state index in [4.69, 9.17) is 5.73 Å². The van der Waals surface area contributed by atoms with Gasteiger partial charge in [0.1, 0.15) is 0 Å². The molecule has 1 aliphatic carbocycles. The highest BCUT2D eigenvalue weighted by molar-refractivity contribution is 7.88. The van der Waals surface area contributed by atoms with Crippen LogP contribution in [0.1, 0.15) is 17.0 Å². The molecule has 0 aliphatic heterocycles. The van der Waals surface area contributed by atoms with E-state index in [1.54, 1.807) is 0 Å². The van der Waals surface area contributed by atoms with Gasteiger partial charge in [0.25, 0.3) is 0 Å². The van der Waals surface area contributed by atoms with Crippen molar-refractivity contribution < 1.29 is 13.2 Å². The van der Waals surface area contributed by atoms with Crippen LogP contribution in [0.2, 0.25) is 0 Å². The number of primary amides is 1. The highest BCUT2D eigenvalue weighted by atomic mass is 32.2. The fourth-order valence-electron chi connectivity index (χ4n) is 2.33. The van der Waals surface area contributed by atoms with Gasteiger partial charge in [-0.05, 0) is 17.5 Å². The number of carbonyl (C=O) groups is 1.